The summed E-state index contributed by atoms with van der Waals surface area (Å²) < 4.78 is 29.6. The van der Waals surface area contributed by atoms with E-state index in [2.05, 4.69) is 35.6 Å². The molecule has 1 atom stereocenters. The second-order valence-electron chi connectivity index (χ2n) is 7.58. The first kappa shape index (κ1) is 23.8. The van der Waals surface area contributed by atoms with Crippen LogP contribution in [-0.4, -0.2) is 20.0 Å². The molecule has 31 heavy (non-hydrogen) atoms. The van der Waals surface area contributed by atoms with Gasteiger partial charge in [-0.1, -0.05) is 71.2 Å². The minimum absolute atomic E-state index is 0.0666. The Hall–Kier alpha value is -1.89. The summed E-state index contributed by atoms with van der Waals surface area (Å²) in [4.78, 5) is -0.0666. The van der Waals surface area contributed by atoms with Gasteiger partial charge in [0.1, 0.15) is 0 Å². The highest BCUT2D eigenvalue weighted by atomic mass is 35.5. The number of halogens is 2. The summed E-state index contributed by atoms with van der Waals surface area (Å²) in [5, 5.41) is 4.75. The fourth-order valence-corrected chi connectivity index (χ4v) is 4.79. The Morgan fingerprint density at radius 3 is 2.26 bits per heavy atom. The predicted molar refractivity (Wildman–Crippen MR) is 127 cm³/mol. The number of nitrogens with one attached hydrogen (secondary N) is 1. The lowest BCUT2D eigenvalue weighted by atomic mass is 9.72. The standard InChI is InChI=1S/C17H17Cl2N.C7H8O3S/c1-20-17(13-8-9-15(18)16(19)11-13)10-4-6-12-5-2-3-7-14(12)17;1-6-2-4-7(5-3-6)11(8,9)10/h2-3,5,7-9,11,20H,4,6,10H2,1H3;2-5H,1H3,(H,8,9,10). The monoisotopic (exact) mass is 477 g/mol. The van der Waals surface area contributed by atoms with Crippen molar-refractivity contribution in [2.24, 2.45) is 0 Å². The first-order valence-electron chi connectivity index (χ1n) is 9.94. The van der Waals surface area contributed by atoms with Gasteiger partial charge >= 0.3 is 0 Å². The van der Waals surface area contributed by atoms with E-state index in [4.69, 9.17) is 27.8 Å². The molecule has 0 aliphatic heterocycles. The normalized spacial score (nSPS) is 18.0. The van der Waals surface area contributed by atoms with E-state index < -0.39 is 10.1 Å². The summed E-state index contributed by atoms with van der Waals surface area (Å²) in [7, 11) is -2.00. The maximum absolute atomic E-state index is 10.5. The minimum Gasteiger partial charge on any atom is -0.307 e. The molecule has 0 spiro atoms. The first-order valence-corrected chi connectivity index (χ1v) is 12.1. The van der Waals surface area contributed by atoms with E-state index in [0.717, 1.165) is 24.8 Å². The molecule has 1 aliphatic rings. The van der Waals surface area contributed by atoms with Crippen LogP contribution in [0.25, 0.3) is 0 Å². The fraction of sp³-hybridized carbons (Fsp3) is 0.250. The van der Waals surface area contributed by atoms with Crippen LogP contribution in [0.5, 0.6) is 0 Å². The Kier molecular flexibility index (Phi) is 7.45. The molecule has 7 heteroatoms. The predicted octanol–water partition coefficient (Wildman–Crippen LogP) is 6.03. The molecule has 1 unspecified atom stereocenters. The maximum Gasteiger partial charge on any atom is 0.294 e. The van der Waals surface area contributed by atoms with E-state index in [1.165, 1.54) is 28.8 Å². The van der Waals surface area contributed by atoms with Gasteiger partial charge in [0.05, 0.1) is 20.5 Å². The molecule has 0 bridgehead atoms. The lowest BCUT2D eigenvalue weighted by molar-refractivity contribution is 0.370. The third kappa shape index (κ3) is 5.30. The third-order valence-electron chi connectivity index (χ3n) is 5.63. The highest BCUT2D eigenvalue weighted by molar-refractivity contribution is 7.85. The molecule has 0 saturated carbocycles. The summed E-state index contributed by atoms with van der Waals surface area (Å²) in [6.45, 7) is 1.84. The van der Waals surface area contributed by atoms with Gasteiger partial charge in [0.25, 0.3) is 10.1 Å². The number of fused-ring (bicyclic) bond motifs is 1. The number of benzene rings is 3. The van der Waals surface area contributed by atoms with Gasteiger partial charge in [-0.25, -0.2) is 0 Å². The van der Waals surface area contributed by atoms with E-state index in [9.17, 15) is 8.42 Å². The highest BCUT2D eigenvalue weighted by Crippen LogP contribution is 2.41. The van der Waals surface area contributed by atoms with Crippen molar-refractivity contribution in [1.82, 2.24) is 5.32 Å². The zero-order valence-electron chi connectivity index (χ0n) is 17.4. The van der Waals surface area contributed by atoms with Crippen molar-refractivity contribution in [2.45, 2.75) is 36.6 Å². The van der Waals surface area contributed by atoms with E-state index in [-0.39, 0.29) is 10.4 Å². The van der Waals surface area contributed by atoms with Gasteiger partial charge in [0, 0.05) is 0 Å². The van der Waals surface area contributed by atoms with Crippen LogP contribution in [-0.2, 0) is 22.1 Å². The molecule has 4 rings (SSSR count). The number of hydrogen-bond acceptors (Lipinski definition) is 3. The molecule has 0 saturated heterocycles. The molecule has 3 aromatic carbocycles. The molecular formula is C24H25Cl2NO3S. The molecule has 2 N–H and O–H groups in total. The number of hydrogen-bond donors (Lipinski definition) is 2. The Labute approximate surface area is 194 Å². The van der Waals surface area contributed by atoms with Crippen LogP contribution in [0.15, 0.2) is 71.6 Å². The molecule has 0 fully saturated rings. The van der Waals surface area contributed by atoms with Crippen LogP contribution in [0.3, 0.4) is 0 Å². The lowest BCUT2D eigenvalue weighted by Gasteiger charge is -2.40. The average Bonchev–Trinajstić information content (AvgIpc) is 2.75. The Morgan fingerprint density at radius 1 is 0.968 bits per heavy atom. The minimum atomic E-state index is -4.02. The van der Waals surface area contributed by atoms with Crippen LogP contribution < -0.4 is 5.32 Å². The molecule has 0 heterocycles. The van der Waals surface area contributed by atoms with Crippen molar-refractivity contribution < 1.29 is 13.0 Å². The molecule has 0 amide bonds. The quantitative estimate of drug-likeness (QED) is 0.451. The van der Waals surface area contributed by atoms with Crippen LogP contribution in [0.1, 0.15) is 35.1 Å². The summed E-state index contributed by atoms with van der Waals surface area (Å²) >= 11 is 12.3. The third-order valence-corrected chi connectivity index (χ3v) is 7.24. The molecule has 1 aliphatic carbocycles. The fourth-order valence-electron chi connectivity index (χ4n) is 4.01. The summed E-state index contributed by atoms with van der Waals surface area (Å²) in [6.07, 6.45) is 3.37. The topological polar surface area (TPSA) is 66.4 Å². The van der Waals surface area contributed by atoms with Gasteiger partial charge in [-0.15, -0.1) is 0 Å². The highest BCUT2D eigenvalue weighted by Gasteiger charge is 2.36. The van der Waals surface area contributed by atoms with Gasteiger partial charge in [-0.3, -0.25) is 4.55 Å². The van der Waals surface area contributed by atoms with Crippen molar-refractivity contribution in [2.75, 3.05) is 7.05 Å². The van der Waals surface area contributed by atoms with E-state index >= 15 is 0 Å². The summed E-state index contributed by atoms with van der Waals surface area (Å²) in [6, 6.07) is 20.6. The molecule has 164 valence electrons. The van der Waals surface area contributed by atoms with Crippen molar-refractivity contribution >= 4 is 33.3 Å². The zero-order chi connectivity index (χ0) is 22.6. The molecule has 0 aromatic heterocycles. The average molecular weight is 478 g/mol. The zero-order valence-corrected chi connectivity index (χ0v) is 19.7. The van der Waals surface area contributed by atoms with Crippen molar-refractivity contribution in [3.63, 3.8) is 0 Å². The number of rotatable bonds is 3. The SMILES string of the molecule is CNC1(c2ccc(Cl)c(Cl)c2)CCCc2ccccc21.Cc1ccc(S(=O)(=O)O)cc1. The van der Waals surface area contributed by atoms with Crippen molar-refractivity contribution in [3.05, 3.63) is 99.0 Å². The van der Waals surface area contributed by atoms with Crippen LogP contribution in [0.2, 0.25) is 10.0 Å². The van der Waals surface area contributed by atoms with Gasteiger partial charge in [0.2, 0.25) is 0 Å². The molecule has 3 aromatic rings. The van der Waals surface area contributed by atoms with Crippen LogP contribution >= 0.6 is 23.2 Å². The van der Waals surface area contributed by atoms with E-state index in [0.29, 0.717) is 10.0 Å². The van der Waals surface area contributed by atoms with Crippen molar-refractivity contribution in [3.8, 4) is 0 Å². The summed E-state index contributed by atoms with van der Waals surface area (Å²) in [5.41, 5.74) is 4.74. The van der Waals surface area contributed by atoms with Crippen LogP contribution in [0.4, 0.5) is 0 Å². The molecular weight excluding hydrogens is 453 g/mol. The van der Waals surface area contributed by atoms with Gasteiger partial charge < -0.3 is 5.32 Å². The Balaban J connectivity index is 0.000000210. The smallest absolute Gasteiger partial charge is 0.294 e. The van der Waals surface area contributed by atoms with Gasteiger partial charge in [-0.2, -0.15) is 8.42 Å². The largest absolute Gasteiger partial charge is 0.307 e. The first-order chi connectivity index (χ1) is 14.7. The molecule has 0 radical (unpaired) electrons. The van der Waals surface area contributed by atoms with Crippen molar-refractivity contribution in [1.29, 1.82) is 0 Å². The Bertz CT molecular complexity index is 1160. The number of aryl methyl sites for hydroxylation is 2. The second kappa shape index (κ2) is 9.72. The van der Waals surface area contributed by atoms with Crippen LogP contribution in [0, 0.1) is 6.92 Å². The maximum atomic E-state index is 10.5. The van der Waals surface area contributed by atoms with Gasteiger partial charge in [-0.05, 0) is 74.2 Å². The van der Waals surface area contributed by atoms with E-state index in [1.54, 1.807) is 12.1 Å². The van der Waals surface area contributed by atoms with Gasteiger partial charge in [0.15, 0.2) is 0 Å². The second-order valence-corrected chi connectivity index (χ2v) is 9.82. The Morgan fingerprint density at radius 2 is 1.65 bits per heavy atom. The lowest BCUT2D eigenvalue weighted by Crippen LogP contribution is -2.43. The molecule has 4 nitrogen and oxygen atoms in total. The summed E-state index contributed by atoms with van der Waals surface area (Å²) in [5.74, 6) is 0. The van der Waals surface area contributed by atoms with E-state index in [1.807, 2.05) is 26.1 Å².